The monoisotopic (exact) mass is 290 g/mol. The van der Waals surface area contributed by atoms with Crippen molar-refractivity contribution in [3.8, 4) is 0 Å². The average Bonchev–Trinajstić information content (AvgIpc) is 2.99. The second-order valence-electron chi connectivity index (χ2n) is 6.85. The van der Waals surface area contributed by atoms with E-state index in [0.717, 1.165) is 24.8 Å². The first-order valence-corrected chi connectivity index (χ1v) is 8.20. The molecule has 1 unspecified atom stereocenters. The average molecular weight is 290 g/mol. The van der Waals surface area contributed by atoms with E-state index in [4.69, 9.17) is 0 Å². The van der Waals surface area contributed by atoms with E-state index in [2.05, 4.69) is 55.5 Å². The molecular formula is C21H22O. The summed E-state index contributed by atoms with van der Waals surface area (Å²) in [6.45, 7) is 4.19. The lowest BCUT2D eigenvalue weighted by Crippen LogP contribution is -2.40. The molecule has 2 aliphatic carbocycles. The van der Waals surface area contributed by atoms with Crippen LogP contribution in [0.4, 0.5) is 0 Å². The van der Waals surface area contributed by atoms with Crippen LogP contribution >= 0.6 is 0 Å². The van der Waals surface area contributed by atoms with E-state index in [-0.39, 0.29) is 5.41 Å². The summed E-state index contributed by atoms with van der Waals surface area (Å²) >= 11 is 0. The number of hydrogen-bond acceptors (Lipinski definition) is 1. The predicted molar refractivity (Wildman–Crippen MR) is 90.6 cm³/mol. The molecule has 22 heavy (non-hydrogen) atoms. The molecule has 2 aliphatic rings. The Bertz CT molecular complexity index is 742. The summed E-state index contributed by atoms with van der Waals surface area (Å²) in [7, 11) is 0. The van der Waals surface area contributed by atoms with Gasteiger partial charge in [0.2, 0.25) is 0 Å². The molecule has 0 amide bonds. The SMILES string of the molecule is CCC=C1c2ccccc2C(C)(O)C12Cc1ccccc1C2. The van der Waals surface area contributed by atoms with E-state index in [0.29, 0.717) is 0 Å². The van der Waals surface area contributed by atoms with Crippen LogP contribution in [0.1, 0.15) is 42.5 Å². The first kappa shape index (κ1) is 13.8. The molecule has 0 aliphatic heterocycles. The second kappa shape index (κ2) is 4.57. The van der Waals surface area contributed by atoms with Gasteiger partial charge in [-0.15, -0.1) is 0 Å². The van der Waals surface area contributed by atoms with Crippen molar-refractivity contribution in [1.29, 1.82) is 0 Å². The quantitative estimate of drug-likeness (QED) is 0.820. The highest BCUT2D eigenvalue weighted by atomic mass is 16.3. The lowest BCUT2D eigenvalue weighted by atomic mass is 9.68. The third-order valence-corrected chi connectivity index (χ3v) is 5.70. The molecular weight excluding hydrogens is 268 g/mol. The Balaban J connectivity index is 1.96. The standard InChI is InChI=1S/C21H22O/c1-3-8-19-17-11-6-7-12-18(17)20(2,22)21(19)13-15-9-4-5-10-16(15)14-21/h4-12,22H,3,13-14H2,1-2H3. The summed E-state index contributed by atoms with van der Waals surface area (Å²) in [5.41, 5.74) is 5.41. The van der Waals surface area contributed by atoms with Gasteiger partial charge in [-0.2, -0.15) is 0 Å². The van der Waals surface area contributed by atoms with Gasteiger partial charge in [-0.05, 0) is 54.0 Å². The van der Waals surface area contributed by atoms with Crippen molar-refractivity contribution >= 4 is 5.57 Å². The number of fused-ring (bicyclic) bond motifs is 2. The third-order valence-electron chi connectivity index (χ3n) is 5.70. The fourth-order valence-corrected chi connectivity index (χ4v) is 4.58. The van der Waals surface area contributed by atoms with Gasteiger partial charge in [-0.3, -0.25) is 0 Å². The van der Waals surface area contributed by atoms with Crippen LogP contribution in [-0.2, 0) is 18.4 Å². The molecule has 112 valence electrons. The second-order valence-corrected chi connectivity index (χ2v) is 6.85. The zero-order chi connectivity index (χ0) is 15.4. The zero-order valence-electron chi connectivity index (χ0n) is 13.3. The Hall–Kier alpha value is -1.86. The fraction of sp³-hybridized carbons (Fsp3) is 0.333. The minimum Gasteiger partial charge on any atom is -0.384 e. The summed E-state index contributed by atoms with van der Waals surface area (Å²) in [5.74, 6) is 0. The molecule has 2 aromatic carbocycles. The number of aliphatic hydroxyl groups is 1. The minimum absolute atomic E-state index is 0.212. The molecule has 2 aromatic rings. The smallest absolute Gasteiger partial charge is 0.0977 e. The normalized spacial score (nSPS) is 26.4. The first-order chi connectivity index (χ1) is 10.6. The van der Waals surface area contributed by atoms with Crippen molar-refractivity contribution in [3.05, 3.63) is 76.9 Å². The molecule has 1 heteroatoms. The highest BCUT2D eigenvalue weighted by Crippen LogP contribution is 2.62. The number of rotatable bonds is 1. The minimum atomic E-state index is -0.816. The third kappa shape index (κ3) is 1.58. The Kier molecular flexibility index (Phi) is 2.86. The maximum absolute atomic E-state index is 11.5. The van der Waals surface area contributed by atoms with Gasteiger partial charge in [0.25, 0.3) is 0 Å². The van der Waals surface area contributed by atoms with Crippen LogP contribution in [0, 0.1) is 5.41 Å². The zero-order valence-corrected chi connectivity index (χ0v) is 13.3. The molecule has 0 saturated carbocycles. The fourth-order valence-electron chi connectivity index (χ4n) is 4.58. The molecule has 1 spiro atoms. The molecule has 0 radical (unpaired) electrons. The van der Waals surface area contributed by atoms with Crippen molar-refractivity contribution in [2.45, 2.75) is 38.7 Å². The highest BCUT2D eigenvalue weighted by molar-refractivity contribution is 5.81. The molecule has 0 heterocycles. The highest BCUT2D eigenvalue weighted by Gasteiger charge is 2.58. The summed E-state index contributed by atoms with van der Waals surface area (Å²) in [6, 6.07) is 17.0. The van der Waals surface area contributed by atoms with Gasteiger partial charge in [0.1, 0.15) is 0 Å². The van der Waals surface area contributed by atoms with E-state index in [1.165, 1.54) is 22.3 Å². The Morgan fingerprint density at radius 3 is 2.23 bits per heavy atom. The topological polar surface area (TPSA) is 20.2 Å². The molecule has 0 fully saturated rings. The Morgan fingerprint density at radius 1 is 1.00 bits per heavy atom. The largest absolute Gasteiger partial charge is 0.384 e. The van der Waals surface area contributed by atoms with Crippen LogP contribution in [0.25, 0.3) is 5.57 Å². The van der Waals surface area contributed by atoms with Crippen LogP contribution in [0.5, 0.6) is 0 Å². The summed E-state index contributed by atoms with van der Waals surface area (Å²) in [4.78, 5) is 0. The molecule has 4 rings (SSSR count). The maximum atomic E-state index is 11.5. The first-order valence-electron chi connectivity index (χ1n) is 8.20. The van der Waals surface area contributed by atoms with E-state index >= 15 is 0 Å². The number of benzene rings is 2. The lowest BCUT2D eigenvalue weighted by Gasteiger charge is -2.38. The van der Waals surface area contributed by atoms with Gasteiger partial charge < -0.3 is 5.11 Å². The van der Waals surface area contributed by atoms with Crippen LogP contribution < -0.4 is 0 Å². The number of hydrogen-bond donors (Lipinski definition) is 1. The van der Waals surface area contributed by atoms with Gasteiger partial charge in [0.05, 0.1) is 5.60 Å². The Morgan fingerprint density at radius 2 is 1.59 bits per heavy atom. The lowest BCUT2D eigenvalue weighted by molar-refractivity contribution is -0.0305. The van der Waals surface area contributed by atoms with Crippen LogP contribution in [0.3, 0.4) is 0 Å². The van der Waals surface area contributed by atoms with E-state index < -0.39 is 5.60 Å². The van der Waals surface area contributed by atoms with Crippen molar-refractivity contribution in [2.75, 3.05) is 0 Å². The van der Waals surface area contributed by atoms with E-state index in [1.807, 2.05) is 13.0 Å². The van der Waals surface area contributed by atoms with Crippen molar-refractivity contribution < 1.29 is 5.11 Å². The number of allylic oxidation sites excluding steroid dienone is 1. The van der Waals surface area contributed by atoms with Crippen molar-refractivity contribution in [2.24, 2.45) is 5.41 Å². The van der Waals surface area contributed by atoms with Gasteiger partial charge in [-0.1, -0.05) is 61.5 Å². The Labute approximate surface area is 132 Å². The van der Waals surface area contributed by atoms with Crippen LogP contribution in [0.2, 0.25) is 0 Å². The molecule has 1 N–H and O–H groups in total. The van der Waals surface area contributed by atoms with Gasteiger partial charge in [-0.25, -0.2) is 0 Å². The van der Waals surface area contributed by atoms with Gasteiger partial charge >= 0.3 is 0 Å². The van der Waals surface area contributed by atoms with Gasteiger partial charge in [0.15, 0.2) is 0 Å². The summed E-state index contributed by atoms with van der Waals surface area (Å²) < 4.78 is 0. The van der Waals surface area contributed by atoms with Crippen LogP contribution in [0.15, 0.2) is 54.6 Å². The summed E-state index contributed by atoms with van der Waals surface area (Å²) in [6.07, 6.45) is 5.18. The van der Waals surface area contributed by atoms with Gasteiger partial charge in [0, 0.05) is 5.41 Å². The van der Waals surface area contributed by atoms with E-state index in [9.17, 15) is 5.11 Å². The van der Waals surface area contributed by atoms with Crippen LogP contribution in [-0.4, -0.2) is 5.11 Å². The molecule has 0 aromatic heterocycles. The summed E-state index contributed by atoms with van der Waals surface area (Å²) in [5, 5.41) is 11.5. The predicted octanol–water partition coefficient (Wildman–Crippen LogP) is 4.49. The molecule has 1 atom stereocenters. The molecule has 0 bridgehead atoms. The van der Waals surface area contributed by atoms with E-state index in [1.54, 1.807) is 0 Å². The molecule has 0 saturated heterocycles. The maximum Gasteiger partial charge on any atom is 0.0977 e. The molecule has 1 nitrogen and oxygen atoms in total. The van der Waals surface area contributed by atoms with Crippen molar-refractivity contribution in [3.63, 3.8) is 0 Å². The van der Waals surface area contributed by atoms with Crippen molar-refractivity contribution in [1.82, 2.24) is 0 Å².